The Morgan fingerprint density at radius 1 is 1.09 bits per heavy atom. The Morgan fingerprint density at radius 3 is 2.57 bits per heavy atom. The summed E-state index contributed by atoms with van der Waals surface area (Å²) in [5, 5.41) is 0. The van der Waals surface area contributed by atoms with Gasteiger partial charge in [-0.05, 0) is 23.6 Å². The molecular weight excluding hydrogens is 290 g/mol. The molecule has 1 unspecified atom stereocenters. The lowest BCUT2D eigenvalue weighted by molar-refractivity contribution is -0.153. The van der Waals surface area contributed by atoms with Gasteiger partial charge in [0.25, 0.3) is 5.91 Å². The molecule has 0 aliphatic carbocycles. The first-order valence-corrected chi connectivity index (χ1v) is 7.75. The van der Waals surface area contributed by atoms with Crippen LogP contribution in [0.4, 0.5) is 0 Å². The minimum Gasteiger partial charge on any atom is -0.467 e. The second-order valence-corrected chi connectivity index (χ2v) is 6.05. The average Bonchev–Trinajstić information content (AvgIpc) is 2.73. The quantitative estimate of drug-likeness (QED) is 0.760. The number of esters is 1. The number of ether oxygens (including phenoxy) is 1. The number of nitrogens with zero attached hydrogens (tertiary/aromatic N) is 1. The van der Waals surface area contributed by atoms with Gasteiger partial charge in [-0.3, -0.25) is 4.79 Å². The fraction of sp³-hybridized carbons (Fsp3) is 0.263. The van der Waals surface area contributed by atoms with E-state index in [1.165, 1.54) is 12.7 Å². The molecule has 0 bridgehead atoms. The lowest BCUT2D eigenvalue weighted by Crippen LogP contribution is -2.51. The van der Waals surface area contributed by atoms with Gasteiger partial charge in [-0.2, -0.15) is 0 Å². The normalized spacial score (nSPS) is 22.0. The summed E-state index contributed by atoms with van der Waals surface area (Å²) in [6.45, 7) is 0.514. The van der Waals surface area contributed by atoms with Gasteiger partial charge in [-0.25, -0.2) is 4.79 Å². The molecule has 0 fully saturated rings. The fourth-order valence-corrected chi connectivity index (χ4v) is 3.92. The Hall–Kier alpha value is -2.62. The van der Waals surface area contributed by atoms with Crippen molar-refractivity contribution in [1.82, 2.24) is 4.90 Å². The Labute approximate surface area is 134 Å². The van der Waals surface area contributed by atoms with E-state index in [1.807, 2.05) is 36.4 Å². The van der Waals surface area contributed by atoms with Crippen molar-refractivity contribution in [3.63, 3.8) is 0 Å². The third kappa shape index (κ3) is 1.78. The predicted octanol–water partition coefficient (Wildman–Crippen LogP) is 2.31. The minimum atomic E-state index is -1.05. The Kier molecular flexibility index (Phi) is 3.01. The van der Waals surface area contributed by atoms with Crippen molar-refractivity contribution in [2.75, 3.05) is 13.7 Å². The molecule has 0 saturated carbocycles. The Bertz CT molecular complexity index is 814. The van der Waals surface area contributed by atoms with Crippen LogP contribution in [0.5, 0.6) is 0 Å². The fourth-order valence-electron chi connectivity index (χ4n) is 3.92. The maximum Gasteiger partial charge on any atom is 0.336 e. The van der Waals surface area contributed by atoms with Gasteiger partial charge >= 0.3 is 5.97 Å². The van der Waals surface area contributed by atoms with Gasteiger partial charge in [-0.1, -0.05) is 42.5 Å². The van der Waals surface area contributed by atoms with Crippen LogP contribution < -0.4 is 0 Å². The number of amides is 1. The van der Waals surface area contributed by atoms with E-state index < -0.39 is 5.54 Å². The molecule has 4 heteroatoms. The highest BCUT2D eigenvalue weighted by molar-refractivity contribution is 6.06. The zero-order valence-corrected chi connectivity index (χ0v) is 12.9. The van der Waals surface area contributed by atoms with E-state index >= 15 is 0 Å². The molecule has 23 heavy (non-hydrogen) atoms. The van der Waals surface area contributed by atoms with Gasteiger partial charge in [0.2, 0.25) is 0 Å². The van der Waals surface area contributed by atoms with Crippen LogP contribution in [0.3, 0.4) is 0 Å². The van der Waals surface area contributed by atoms with Crippen LogP contribution >= 0.6 is 0 Å². The van der Waals surface area contributed by atoms with Gasteiger partial charge in [0.05, 0.1) is 7.11 Å². The lowest BCUT2D eigenvalue weighted by Gasteiger charge is -2.35. The first-order chi connectivity index (χ1) is 11.2. The Balaban J connectivity index is 1.98. The maximum atomic E-state index is 12.9. The second-order valence-electron chi connectivity index (χ2n) is 6.05. The average molecular weight is 307 g/mol. The monoisotopic (exact) mass is 307 g/mol. The summed E-state index contributed by atoms with van der Waals surface area (Å²) in [5.74, 6) is -0.452. The summed E-state index contributed by atoms with van der Waals surface area (Å²) in [6.07, 6.45) is 1.20. The SMILES string of the molecule is COC(=O)C12Cc3ccccc3CCN1C(=O)c1ccccc12. The van der Waals surface area contributed by atoms with E-state index in [1.54, 1.807) is 11.0 Å². The molecule has 4 rings (SSSR count). The highest BCUT2D eigenvalue weighted by Crippen LogP contribution is 2.44. The molecule has 4 nitrogen and oxygen atoms in total. The number of fused-ring (bicyclic) bond motifs is 4. The number of carbonyl (C=O) groups is 2. The number of hydrogen-bond donors (Lipinski definition) is 0. The van der Waals surface area contributed by atoms with Gasteiger partial charge in [0, 0.05) is 24.1 Å². The summed E-state index contributed by atoms with van der Waals surface area (Å²) in [6, 6.07) is 15.5. The number of hydrogen-bond acceptors (Lipinski definition) is 3. The van der Waals surface area contributed by atoms with Gasteiger partial charge in [0.1, 0.15) is 0 Å². The summed E-state index contributed by atoms with van der Waals surface area (Å²) in [4.78, 5) is 27.4. The molecule has 0 aromatic heterocycles. The second kappa shape index (κ2) is 4.95. The van der Waals surface area contributed by atoms with Crippen molar-refractivity contribution in [2.45, 2.75) is 18.4 Å². The number of benzene rings is 2. The molecule has 1 amide bonds. The van der Waals surface area contributed by atoms with Gasteiger partial charge in [0.15, 0.2) is 5.54 Å². The van der Waals surface area contributed by atoms with Crippen molar-refractivity contribution in [3.05, 3.63) is 70.8 Å². The molecular formula is C19H17NO3. The summed E-state index contributed by atoms with van der Waals surface area (Å²) < 4.78 is 5.14. The molecule has 2 aromatic carbocycles. The minimum absolute atomic E-state index is 0.0844. The zero-order chi connectivity index (χ0) is 16.0. The topological polar surface area (TPSA) is 46.6 Å². The molecule has 2 aliphatic rings. The molecule has 1 atom stereocenters. The van der Waals surface area contributed by atoms with E-state index in [4.69, 9.17) is 4.74 Å². The van der Waals surface area contributed by atoms with Crippen LogP contribution in [-0.2, 0) is 27.9 Å². The van der Waals surface area contributed by atoms with Gasteiger partial charge in [-0.15, -0.1) is 0 Å². The molecule has 0 spiro atoms. The number of methoxy groups -OCH3 is 1. The summed E-state index contributed by atoms with van der Waals surface area (Å²) in [5.41, 5.74) is 2.61. The maximum absolute atomic E-state index is 12.9. The van der Waals surface area contributed by atoms with Crippen LogP contribution in [0.1, 0.15) is 27.0 Å². The highest BCUT2D eigenvalue weighted by Gasteiger charge is 2.56. The molecule has 116 valence electrons. The summed E-state index contributed by atoms with van der Waals surface area (Å²) >= 11 is 0. The molecule has 2 heterocycles. The van der Waals surface area contributed by atoms with Crippen LogP contribution in [-0.4, -0.2) is 30.4 Å². The lowest BCUT2D eigenvalue weighted by atomic mass is 9.83. The molecule has 0 N–H and O–H groups in total. The van der Waals surface area contributed by atoms with Crippen molar-refractivity contribution >= 4 is 11.9 Å². The number of rotatable bonds is 1. The van der Waals surface area contributed by atoms with Crippen LogP contribution in [0, 0.1) is 0 Å². The van der Waals surface area contributed by atoms with Crippen molar-refractivity contribution in [1.29, 1.82) is 0 Å². The van der Waals surface area contributed by atoms with E-state index in [9.17, 15) is 9.59 Å². The predicted molar refractivity (Wildman–Crippen MR) is 85.0 cm³/mol. The van der Waals surface area contributed by atoms with Crippen LogP contribution in [0.15, 0.2) is 48.5 Å². The van der Waals surface area contributed by atoms with Crippen LogP contribution in [0.2, 0.25) is 0 Å². The van der Waals surface area contributed by atoms with Gasteiger partial charge < -0.3 is 9.64 Å². The van der Waals surface area contributed by atoms with Crippen molar-refractivity contribution in [3.8, 4) is 0 Å². The highest BCUT2D eigenvalue weighted by atomic mass is 16.5. The van der Waals surface area contributed by atoms with E-state index in [0.717, 1.165) is 17.5 Å². The number of carbonyl (C=O) groups excluding carboxylic acids is 2. The Morgan fingerprint density at radius 2 is 1.78 bits per heavy atom. The zero-order valence-electron chi connectivity index (χ0n) is 12.9. The first kappa shape index (κ1) is 14.0. The van der Waals surface area contributed by atoms with E-state index in [0.29, 0.717) is 18.5 Å². The van der Waals surface area contributed by atoms with Crippen LogP contribution in [0.25, 0.3) is 0 Å². The third-order valence-electron chi connectivity index (χ3n) is 5.00. The smallest absolute Gasteiger partial charge is 0.336 e. The van der Waals surface area contributed by atoms with E-state index in [-0.39, 0.29) is 11.9 Å². The molecule has 2 aliphatic heterocycles. The largest absolute Gasteiger partial charge is 0.467 e. The molecule has 2 aromatic rings. The molecule has 0 saturated heterocycles. The van der Waals surface area contributed by atoms with Crippen molar-refractivity contribution in [2.24, 2.45) is 0 Å². The third-order valence-corrected chi connectivity index (χ3v) is 5.00. The first-order valence-electron chi connectivity index (χ1n) is 7.75. The van der Waals surface area contributed by atoms with Crippen molar-refractivity contribution < 1.29 is 14.3 Å². The summed E-state index contributed by atoms with van der Waals surface area (Å²) in [7, 11) is 1.39. The molecule has 0 radical (unpaired) electrons. The van der Waals surface area contributed by atoms with E-state index in [2.05, 4.69) is 6.07 Å². The standard InChI is InChI=1S/C19H17NO3/c1-23-18(22)19-12-14-7-3-2-6-13(14)10-11-20(19)17(21)15-8-4-5-9-16(15)19/h2-9H,10-12H2,1H3.